The normalized spacial score (nSPS) is 10.5. The predicted molar refractivity (Wildman–Crippen MR) is 87.0 cm³/mol. The van der Waals surface area contributed by atoms with Crippen LogP contribution >= 0.6 is 0 Å². The van der Waals surface area contributed by atoms with E-state index in [1.54, 1.807) is 45.6 Å². The Morgan fingerprint density at radius 3 is 2.29 bits per heavy atom. The molecule has 6 heteroatoms. The Balaban J connectivity index is 2.20. The molecule has 0 saturated heterocycles. The summed E-state index contributed by atoms with van der Waals surface area (Å²) in [6.07, 6.45) is 1.51. The zero-order valence-electron chi connectivity index (χ0n) is 13.5. The number of rotatable bonds is 5. The van der Waals surface area contributed by atoms with Gasteiger partial charge in [-0.05, 0) is 23.8 Å². The number of halogens is 1. The number of methoxy groups -OCH3 is 3. The van der Waals surface area contributed by atoms with Crippen LogP contribution in [0.2, 0.25) is 0 Å². The molecule has 0 amide bonds. The molecule has 3 aromatic rings. The molecule has 0 aliphatic heterocycles. The molecule has 24 heavy (non-hydrogen) atoms. The molecule has 0 atom stereocenters. The lowest BCUT2D eigenvalue weighted by atomic mass is 10.0. The summed E-state index contributed by atoms with van der Waals surface area (Å²) >= 11 is 0. The van der Waals surface area contributed by atoms with E-state index in [9.17, 15) is 4.39 Å². The van der Waals surface area contributed by atoms with Crippen LogP contribution in [0.3, 0.4) is 0 Å². The molecule has 5 nitrogen and oxygen atoms in total. The molecular formula is C18H16FNO4. The second kappa shape index (κ2) is 6.62. The van der Waals surface area contributed by atoms with Gasteiger partial charge in [0.05, 0.1) is 26.9 Å². The fraction of sp³-hybridized carbons (Fsp3) is 0.167. The van der Waals surface area contributed by atoms with Crippen molar-refractivity contribution in [3.05, 3.63) is 48.5 Å². The van der Waals surface area contributed by atoms with Crippen LogP contribution in [-0.4, -0.2) is 26.5 Å². The Morgan fingerprint density at radius 2 is 1.67 bits per heavy atom. The molecule has 0 aliphatic carbocycles. The first-order valence-electron chi connectivity index (χ1n) is 7.18. The molecule has 1 aromatic heterocycles. The first-order valence-corrected chi connectivity index (χ1v) is 7.18. The van der Waals surface area contributed by atoms with E-state index in [-0.39, 0.29) is 5.82 Å². The Labute approximate surface area is 138 Å². The number of benzene rings is 2. The molecule has 0 unspecified atom stereocenters. The third-order valence-electron chi connectivity index (χ3n) is 3.67. The lowest BCUT2D eigenvalue weighted by Gasteiger charge is -2.14. The highest BCUT2D eigenvalue weighted by Crippen LogP contribution is 2.44. The van der Waals surface area contributed by atoms with Crippen LogP contribution in [0.25, 0.3) is 22.4 Å². The third kappa shape index (κ3) is 2.78. The highest BCUT2D eigenvalue weighted by Gasteiger charge is 2.21. The van der Waals surface area contributed by atoms with Crippen LogP contribution in [0.5, 0.6) is 17.2 Å². The lowest BCUT2D eigenvalue weighted by Crippen LogP contribution is -1.96. The summed E-state index contributed by atoms with van der Waals surface area (Å²) < 4.78 is 34.5. The molecular weight excluding hydrogens is 313 g/mol. The molecule has 0 bridgehead atoms. The van der Waals surface area contributed by atoms with E-state index in [0.717, 1.165) is 5.56 Å². The minimum Gasteiger partial charge on any atom is -0.497 e. The van der Waals surface area contributed by atoms with E-state index in [4.69, 9.17) is 18.7 Å². The quantitative estimate of drug-likeness (QED) is 0.703. The van der Waals surface area contributed by atoms with Crippen LogP contribution in [-0.2, 0) is 0 Å². The van der Waals surface area contributed by atoms with Crippen LogP contribution in [0.4, 0.5) is 4.39 Å². The summed E-state index contributed by atoms with van der Waals surface area (Å²) in [6.45, 7) is 0. The Hall–Kier alpha value is -3.02. The highest BCUT2D eigenvalue weighted by molar-refractivity contribution is 5.84. The third-order valence-corrected chi connectivity index (χ3v) is 3.67. The van der Waals surface area contributed by atoms with E-state index < -0.39 is 0 Å². The Morgan fingerprint density at radius 1 is 0.917 bits per heavy atom. The van der Waals surface area contributed by atoms with Crippen LogP contribution in [0, 0.1) is 5.82 Å². The maximum atomic E-state index is 13.2. The van der Waals surface area contributed by atoms with Crippen LogP contribution in [0.15, 0.2) is 47.2 Å². The topological polar surface area (TPSA) is 53.7 Å². The summed E-state index contributed by atoms with van der Waals surface area (Å²) in [6, 6.07) is 9.60. The van der Waals surface area contributed by atoms with Gasteiger partial charge in [0.2, 0.25) is 0 Å². The number of aromatic nitrogens is 1. The lowest BCUT2D eigenvalue weighted by molar-refractivity contribution is 0.349. The molecule has 0 aliphatic rings. The average Bonchev–Trinajstić information content (AvgIpc) is 3.10. The summed E-state index contributed by atoms with van der Waals surface area (Å²) in [5.41, 5.74) is 2.69. The first kappa shape index (κ1) is 15.9. The Kier molecular flexibility index (Phi) is 4.37. The van der Waals surface area contributed by atoms with Gasteiger partial charge < -0.3 is 18.7 Å². The molecule has 124 valence electrons. The largest absolute Gasteiger partial charge is 0.497 e. The van der Waals surface area contributed by atoms with Gasteiger partial charge >= 0.3 is 0 Å². The molecule has 0 saturated carbocycles. The van der Waals surface area contributed by atoms with E-state index >= 15 is 0 Å². The van der Waals surface area contributed by atoms with Gasteiger partial charge in [0, 0.05) is 11.6 Å². The van der Waals surface area contributed by atoms with E-state index in [2.05, 4.69) is 5.16 Å². The second-order valence-electron chi connectivity index (χ2n) is 4.99. The number of nitrogens with zero attached hydrogens (tertiary/aromatic N) is 1. The molecule has 0 fully saturated rings. The molecule has 0 radical (unpaired) electrons. The summed E-state index contributed by atoms with van der Waals surface area (Å²) in [4.78, 5) is 0. The van der Waals surface area contributed by atoms with Crippen LogP contribution < -0.4 is 14.2 Å². The SMILES string of the molecule is COc1cc(OC)c(OC)c(-c2nocc2-c2ccc(F)cc2)c1. The number of hydrogen-bond donors (Lipinski definition) is 0. The molecule has 0 spiro atoms. The fourth-order valence-electron chi connectivity index (χ4n) is 2.50. The van der Waals surface area contributed by atoms with Crippen molar-refractivity contribution in [3.8, 4) is 39.6 Å². The van der Waals surface area contributed by atoms with Crippen molar-refractivity contribution < 1.29 is 23.1 Å². The van der Waals surface area contributed by atoms with Gasteiger partial charge in [0.15, 0.2) is 11.5 Å². The molecule has 0 N–H and O–H groups in total. The fourth-order valence-corrected chi connectivity index (χ4v) is 2.50. The van der Waals surface area contributed by atoms with Crippen molar-refractivity contribution in [1.82, 2.24) is 5.16 Å². The number of ether oxygens (including phenoxy) is 3. The maximum Gasteiger partial charge on any atom is 0.170 e. The summed E-state index contributed by atoms with van der Waals surface area (Å²) in [7, 11) is 4.66. The summed E-state index contributed by atoms with van der Waals surface area (Å²) in [5.74, 6) is 1.31. The zero-order chi connectivity index (χ0) is 17.1. The van der Waals surface area contributed by atoms with Crippen molar-refractivity contribution in [2.45, 2.75) is 0 Å². The minimum atomic E-state index is -0.308. The minimum absolute atomic E-state index is 0.308. The van der Waals surface area contributed by atoms with E-state index in [1.807, 2.05) is 0 Å². The van der Waals surface area contributed by atoms with Gasteiger partial charge in [-0.15, -0.1) is 0 Å². The van der Waals surface area contributed by atoms with Crippen molar-refractivity contribution in [3.63, 3.8) is 0 Å². The zero-order valence-corrected chi connectivity index (χ0v) is 13.5. The predicted octanol–water partition coefficient (Wildman–Crippen LogP) is 4.17. The van der Waals surface area contributed by atoms with Gasteiger partial charge in [-0.3, -0.25) is 0 Å². The average molecular weight is 329 g/mol. The number of hydrogen-bond acceptors (Lipinski definition) is 5. The molecule has 2 aromatic carbocycles. The molecule has 1 heterocycles. The smallest absolute Gasteiger partial charge is 0.170 e. The van der Waals surface area contributed by atoms with Crippen molar-refractivity contribution >= 4 is 0 Å². The van der Waals surface area contributed by atoms with Crippen molar-refractivity contribution in [2.75, 3.05) is 21.3 Å². The highest BCUT2D eigenvalue weighted by atomic mass is 19.1. The standard InChI is InChI=1S/C18H16FNO4/c1-21-13-8-14(18(23-3)16(9-13)22-2)17-15(10-24-20-17)11-4-6-12(19)7-5-11/h4-10H,1-3H3. The second-order valence-corrected chi connectivity index (χ2v) is 4.99. The van der Waals surface area contributed by atoms with Crippen LogP contribution in [0.1, 0.15) is 0 Å². The van der Waals surface area contributed by atoms with E-state index in [0.29, 0.717) is 34.1 Å². The van der Waals surface area contributed by atoms with Gasteiger partial charge in [-0.25, -0.2) is 4.39 Å². The monoisotopic (exact) mass is 329 g/mol. The van der Waals surface area contributed by atoms with Crippen molar-refractivity contribution in [2.24, 2.45) is 0 Å². The van der Waals surface area contributed by atoms with Gasteiger partial charge in [0.25, 0.3) is 0 Å². The van der Waals surface area contributed by atoms with Crippen molar-refractivity contribution in [1.29, 1.82) is 0 Å². The van der Waals surface area contributed by atoms with Gasteiger partial charge in [0.1, 0.15) is 23.5 Å². The van der Waals surface area contributed by atoms with E-state index in [1.165, 1.54) is 18.4 Å². The Bertz CT molecular complexity index is 843. The van der Waals surface area contributed by atoms with Gasteiger partial charge in [-0.2, -0.15) is 0 Å². The molecule has 3 rings (SSSR count). The first-order chi connectivity index (χ1) is 11.7. The maximum absolute atomic E-state index is 13.2. The summed E-state index contributed by atoms with van der Waals surface area (Å²) in [5, 5.41) is 4.08. The van der Waals surface area contributed by atoms with Gasteiger partial charge in [-0.1, -0.05) is 17.3 Å².